The fourth-order valence-corrected chi connectivity index (χ4v) is 6.63. The number of fused-ring (bicyclic) bond motifs is 3. The van der Waals surface area contributed by atoms with Gasteiger partial charge in [0.2, 0.25) is 0 Å². The van der Waals surface area contributed by atoms with Crippen molar-refractivity contribution in [2.24, 2.45) is 16.1 Å². The molecule has 1 fully saturated rings. The highest BCUT2D eigenvalue weighted by Gasteiger charge is 2.67. The summed E-state index contributed by atoms with van der Waals surface area (Å²) in [6.45, 7) is 3.79. The summed E-state index contributed by atoms with van der Waals surface area (Å²) in [5, 5.41) is 0. The molecule has 2 heterocycles. The molecule has 1 aliphatic heterocycles. The Bertz CT molecular complexity index is 1210. The zero-order valence-corrected chi connectivity index (χ0v) is 21.6. The van der Waals surface area contributed by atoms with Crippen molar-refractivity contribution in [2.75, 3.05) is 0 Å². The van der Waals surface area contributed by atoms with Gasteiger partial charge >= 0.3 is 6.18 Å². The molecule has 0 unspecified atom stereocenters. The topological polar surface area (TPSA) is 80.8 Å². The summed E-state index contributed by atoms with van der Waals surface area (Å²) in [5.74, 6) is 0.0348. The molecule has 186 valence electrons. The maximum absolute atomic E-state index is 14.1. The molecule has 2 spiro atoms. The van der Waals surface area contributed by atoms with E-state index in [1.807, 2.05) is 49.0 Å². The number of amides is 1. The number of guanidine groups is 1. The first-order valence-electron chi connectivity index (χ1n) is 11.6. The maximum atomic E-state index is 14.1. The molecule has 35 heavy (non-hydrogen) atoms. The average Bonchev–Trinajstić information content (AvgIpc) is 3.24. The Labute approximate surface area is 215 Å². The van der Waals surface area contributed by atoms with Crippen LogP contribution in [0.4, 0.5) is 13.2 Å². The van der Waals surface area contributed by atoms with Gasteiger partial charge in [-0.1, -0.05) is 12.1 Å². The average molecular weight is 598 g/mol. The van der Waals surface area contributed by atoms with E-state index in [2.05, 4.69) is 4.98 Å². The number of nitrogens with zero attached hydrogens (tertiary/aromatic N) is 3. The molecule has 2 N–H and O–H groups in total. The molecular weight excluding hydrogens is 572 g/mol. The van der Waals surface area contributed by atoms with Crippen LogP contribution in [0.5, 0.6) is 0 Å². The first kappa shape index (κ1) is 24.5. The van der Waals surface area contributed by atoms with Gasteiger partial charge in [-0.3, -0.25) is 14.7 Å². The van der Waals surface area contributed by atoms with Crippen LogP contribution in [0.2, 0.25) is 0 Å². The number of nitrogens with two attached hydrogens (primary N) is 1. The fraction of sp³-hybridized carbons (Fsp3) is 0.480. The van der Waals surface area contributed by atoms with Crippen LogP contribution in [-0.4, -0.2) is 33.9 Å². The first-order chi connectivity index (χ1) is 16.5. The summed E-state index contributed by atoms with van der Waals surface area (Å²) in [6.07, 6.45) is 1.58. The van der Waals surface area contributed by atoms with Crippen LogP contribution in [0, 0.1) is 5.41 Å². The molecule has 1 aromatic carbocycles. The third-order valence-corrected chi connectivity index (χ3v) is 8.50. The lowest BCUT2D eigenvalue weighted by molar-refractivity contribution is -0.139. The lowest BCUT2D eigenvalue weighted by atomic mass is 9.61. The second kappa shape index (κ2) is 8.43. The molecule has 6 nitrogen and oxygen atoms in total. The van der Waals surface area contributed by atoms with Crippen LogP contribution in [0.15, 0.2) is 41.7 Å². The lowest BCUT2D eigenvalue weighted by Crippen LogP contribution is -2.53. The number of benzene rings is 1. The van der Waals surface area contributed by atoms with E-state index in [0.29, 0.717) is 17.5 Å². The summed E-state index contributed by atoms with van der Waals surface area (Å²) in [6, 6.07) is 6.45. The van der Waals surface area contributed by atoms with E-state index in [1.165, 1.54) is 6.20 Å². The molecule has 1 saturated carbocycles. The van der Waals surface area contributed by atoms with Gasteiger partial charge in [-0.15, -0.1) is 0 Å². The molecule has 0 saturated heterocycles. The smallest absolute Gasteiger partial charge is 0.369 e. The van der Waals surface area contributed by atoms with Crippen molar-refractivity contribution in [1.29, 1.82) is 0 Å². The van der Waals surface area contributed by atoms with Gasteiger partial charge in [0, 0.05) is 29.4 Å². The van der Waals surface area contributed by atoms with Crippen LogP contribution in [0.25, 0.3) is 11.1 Å². The number of carbonyl (C=O) groups is 1. The Morgan fingerprint density at radius 3 is 2.49 bits per heavy atom. The van der Waals surface area contributed by atoms with Gasteiger partial charge in [0.25, 0.3) is 5.91 Å². The minimum atomic E-state index is -4.50. The highest BCUT2D eigenvalue weighted by molar-refractivity contribution is 14.1. The summed E-state index contributed by atoms with van der Waals surface area (Å²) in [7, 11) is 0. The van der Waals surface area contributed by atoms with Gasteiger partial charge < -0.3 is 8.80 Å². The first-order valence-corrected chi connectivity index (χ1v) is 12.5. The summed E-state index contributed by atoms with van der Waals surface area (Å²) >= 11 is 1.93. The monoisotopic (exact) mass is 598 g/mol. The number of pyridine rings is 1. The van der Waals surface area contributed by atoms with Crippen LogP contribution >= 0.6 is 23.0 Å². The molecule has 10 heteroatoms. The SMILES string of the molecule is CC(C)N1C(=O)[C@@]2(N=C1N)c1cc(-c3cncc(C(F)(F)F)c3)ccc1CC21CCC(OI)CC1. The Balaban J connectivity index is 1.66. The van der Waals surface area contributed by atoms with Crippen LogP contribution < -0.4 is 5.73 Å². The number of alkyl halides is 3. The predicted octanol–water partition coefficient (Wildman–Crippen LogP) is 5.38. The van der Waals surface area contributed by atoms with Gasteiger partial charge in [-0.2, -0.15) is 13.2 Å². The van der Waals surface area contributed by atoms with E-state index in [0.717, 1.165) is 49.1 Å². The standard InChI is InChI=1S/C25H26F3IN4O2/c1-14(2)33-21(34)24(32-22(33)30)20-10-15(17-9-18(13-31-12-17)25(26,27)28)3-4-16(20)11-23(24)7-5-19(35-29)6-8-23/h3-4,9-10,12-14,19H,5-8,11H2,1-2H3,(H2,30,32)/t19?,23?,24-/m0/s1. The van der Waals surface area contributed by atoms with E-state index in [1.54, 1.807) is 11.0 Å². The van der Waals surface area contributed by atoms with E-state index in [9.17, 15) is 18.0 Å². The number of halogens is 4. The van der Waals surface area contributed by atoms with Crippen LogP contribution in [-0.2, 0) is 26.0 Å². The van der Waals surface area contributed by atoms with Crippen molar-refractivity contribution in [2.45, 2.75) is 69.8 Å². The van der Waals surface area contributed by atoms with E-state index >= 15 is 0 Å². The summed E-state index contributed by atoms with van der Waals surface area (Å²) < 4.78 is 45.5. The summed E-state index contributed by atoms with van der Waals surface area (Å²) in [5.41, 5.74) is 6.48. The Morgan fingerprint density at radius 2 is 1.89 bits per heavy atom. The minimum absolute atomic E-state index is 0.118. The Kier molecular flexibility index (Phi) is 5.90. The molecule has 1 atom stereocenters. The second-order valence-corrected chi connectivity index (χ2v) is 10.5. The van der Waals surface area contributed by atoms with Gasteiger partial charge in [0.15, 0.2) is 11.5 Å². The van der Waals surface area contributed by atoms with Crippen molar-refractivity contribution in [3.63, 3.8) is 0 Å². The van der Waals surface area contributed by atoms with Gasteiger partial charge in [-0.05, 0) is 74.8 Å². The molecule has 1 aromatic heterocycles. The largest absolute Gasteiger partial charge is 0.417 e. The molecule has 1 amide bonds. The van der Waals surface area contributed by atoms with Gasteiger partial charge in [0.1, 0.15) is 23.0 Å². The number of hydrogen-bond acceptors (Lipinski definition) is 5. The van der Waals surface area contributed by atoms with E-state index < -0.39 is 22.7 Å². The van der Waals surface area contributed by atoms with Crippen molar-refractivity contribution in [1.82, 2.24) is 9.88 Å². The number of aromatic nitrogens is 1. The van der Waals surface area contributed by atoms with Crippen molar-refractivity contribution in [3.8, 4) is 11.1 Å². The highest BCUT2D eigenvalue weighted by atomic mass is 127. The quantitative estimate of drug-likeness (QED) is 0.482. The highest BCUT2D eigenvalue weighted by Crippen LogP contribution is 2.62. The number of hydrogen-bond donors (Lipinski definition) is 1. The zero-order valence-electron chi connectivity index (χ0n) is 19.4. The van der Waals surface area contributed by atoms with Crippen LogP contribution in [0.1, 0.15) is 56.2 Å². The molecule has 2 aliphatic carbocycles. The molecule has 0 radical (unpaired) electrons. The Hall–Kier alpha value is -2.21. The third-order valence-electron chi connectivity index (χ3n) is 7.78. The van der Waals surface area contributed by atoms with E-state index in [4.69, 9.17) is 13.8 Å². The molecule has 3 aliphatic rings. The number of aliphatic imine (C=N–C) groups is 1. The molecule has 0 bridgehead atoms. The number of rotatable bonds is 3. The van der Waals surface area contributed by atoms with Gasteiger partial charge in [-0.25, -0.2) is 4.99 Å². The van der Waals surface area contributed by atoms with Gasteiger partial charge in [0.05, 0.1) is 11.7 Å². The molecule has 5 rings (SSSR count). The lowest BCUT2D eigenvalue weighted by Gasteiger charge is -2.45. The van der Waals surface area contributed by atoms with E-state index in [-0.39, 0.29) is 24.0 Å². The third kappa shape index (κ3) is 3.66. The normalized spacial score (nSPS) is 28.3. The van der Waals surface area contributed by atoms with Crippen molar-refractivity contribution in [3.05, 3.63) is 53.3 Å². The van der Waals surface area contributed by atoms with Crippen molar-refractivity contribution < 1.29 is 21.0 Å². The minimum Gasteiger partial charge on any atom is -0.369 e. The fourth-order valence-electron chi connectivity index (χ4n) is 6.12. The maximum Gasteiger partial charge on any atom is 0.417 e. The van der Waals surface area contributed by atoms with Crippen LogP contribution in [0.3, 0.4) is 0 Å². The molecule has 2 aromatic rings. The number of carbonyl (C=O) groups excluding carboxylic acids is 1. The summed E-state index contributed by atoms with van der Waals surface area (Å²) in [4.78, 5) is 24.4. The zero-order chi connectivity index (χ0) is 25.2. The van der Waals surface area contributed by atoms with Crippen molar-refractivity contribution >= 4 is 34.9 Å². The second-order valence-electron chi connectivity index (χ2n) is 10.0. The predicted molar refractivity (Wildman–Crippen MR) is 133 cm³/mol. The Morgan fingerprint density at radius 1 is 1.17 bits per heavy atom. The molecular formula is C25H26F3IN4O2.